The van der Waals surface area contributed by atoms with E-state index in [1.165, 1.54) is 47.4 Å². The molecule has 0 bridgehead atoms. The predicted molar refractivity (Wildman–Crippen MR) is 214 cm³/mol. The Morgan fingerprint density at radius 1 is 0.471 bits per heavy atom. The third-order valence-corrected chi connectivity index (χ3v) is 11.3. The van der Waals surface area contributed by atoms with Crippen molar-refractivity contribution in [3.05, 3.63) is 170 Å². The molecule has 0 unspecified atom stereocenters. The van der Waals surface area contributed by atoms with E-state index in [2.05, 4.69) is 167 Å². The zero-order chi connectivity index (χ0) is 33.5. The van der Waals surface area contributed by atoms with Crippen molar-refractivity contribution in [2.24, 2.45) is 0 Å². The Balaban J connectivity index is 1.22. The van der Waals surface area contributed by atoms with E-state index in [1.807, 2.05) is 23.5 Å². The first-order valence-electron chi connectivity index (χ1n) is 17.2. The zero-order valence-electron chi connectivity index (χ0n) is 27.4. The van der Waals surface area contributed by atoms with E-state index in [4.69, 9.17) is 9.97 Å². The minimum absolute atomic E-state index is 0.710. The van der Waals surface area contributed by atoms with Crippen LogP contribution in [0.15, 0.2) is 170 Å². The number of nitrogens with zero attached hydrogens (tertiary/aromatic N) is 4. The van der Waals surface area contributed by atoms with E-state index < -0.39 is 0 Å². The van der Waals surface area contributed by atoms with E-state index in [0.29, 0.717) is 5.82 Å². The fraction of sp³-hybridized carbons (Fsp3) is 0. The molecule has 0 saturated heterocycles. The molecule has 11 aromatic rings. The fourth-order valence-corrected chi connectivity index (χ4v) is 8.94. The molecule has 0 saturated carbocycles. The normalized spacial score (nSPS) is 11.9. The van der Waals surface area contributed by atoms with Gasteiger partial charge in [-0.1, -0.05) is 103 Å². The highest BCUT2D eigenvalue weighted by Crippen LogP contribution is 2.44. The third-order valence-electron chi connectivity index (χ3n) is 10.1. The largest absolute Gasteiger partial charge is 0.316 e. The first kappa shape index (κ1) is 28.3. The van der Waals surface area contributed by atoms with E-state index in [1.54, 1.807) is 0 Å². The summed E-state index contributed by atoms with van der Waals surface area (Å²) in [6.07, 6.45) is 2.18. The Morgan fingerprint density at radius 2 is 1.22 bits per heavy atom. The van der Waals surface area contributed by atoms with Gasteiger partial charge < -0.3 is 9.13 Å². The first-order valence-corrected chi connectivity index (χ1v) is 18.0. The number of fused-ring (bicyclic) bond motifs is 9. The highest BCUT2D eigenvalue weighted by molar-refractivity contribution is 7.26. The van der Waals surface area contributed by atoms with Gasteiger partial charge in [-0.2, -0.15) is 0 Å². The van der Waals surface area contributed by atoms with Gasteiger partial charge in [-0.15, -0.1) is 11.3 Å². The summed E-state index contributed by atoms with van der Waals surface area (Å²) in [7, 11) is 0. The smallest absolute Gasteiger partial charge is 0.160 e. The molecular weight excluding hydrogens is 641 g/mol. The SMILES string of the molecule is c1ccc(-c2nc(-c3cccc(-n4c5cc6c(ccn6-c6ccccc6)cc5c5ccc6sc7ccccc7c6c54)c3)nc3ccccc23)cc1. The lowest BCUT2D eigenvalue weighted by Gasteiger charge is -2.13. The summed E-state index contributed by atoms with van der Waals surface area (Å²) in [5.41, 5.74) is 9.70. The standard InChI is InChI=1S/C46H28N4S/c1-3-12-29(13-4-1)44-35-18-7-9-20-38(35)47-46(48-44)31-14-11-17-33(26-31)50-40-28-39-30(24-25-49(39)32-15-5-2-6-16-32)27-37(40)34-22-23-42-43(45(34)50)36-19-8-10-21-41(36)51-42/h1-28H. The van der Waals surface area contributed by atoms with Gasteiger partial charge in [0.25, 0.3) is 0 Å². The van der Waals surface area contributed by atoms with Gasteiger partial charge in [-0.05, 0) is 60.7 Å². The topological polar surface area (TPSA) is 35.6 Å². The Kier molecular flexibility index (Phi) is 6.09. The Hall–Kier alpha value is -6.56. The van der Waals surface area contributed by atoms with Crippen LogP contribution in [-0.4, -0.2) is 19.1 Å². The molecule has 4 aromatic heterocycles. The Morgan fingerprint density at radius 3 is 2.10 bits per heavy atom. The van der Waals surface area contributed by atoms with Crippen LogP contribution < -0.4 is 0 Å². The second kappa shape index (κ2) is 11.0. The average molecular weight is 669 g/mol. The lowest BCUT2D eigenvalue weighted by atomic mass is 10.1. The number of aromatic nitrogens is 4. The van der Waals surface area contributed by atoms with Gasteiger partial charge in [0.1, 0.15) is 0 Å². The molecule has 0 aliphatic carbocycles. The van der Waals surface area contributed by atoms with Crippen molar-refractivity contribution < 1.29 is 0 Å². The fourth-order valence-electron chi connectivity index (χ4n) is 7.83. The molecule has 0 fully saturated rings. The molecule has 238 valence electrons. The lowest BCUT2D eigenvalue weighted by Crippen LogP contribution is -1.98. The molecular formula is C46H28N4S. The molecule has 0 aliphatic rings. The van der Waals surface area contributed by atoms with Crippen molar-refractivity contribution in [3.63, 3.8) is 0 Å². The maximum absolute atomic E-state index is 5.23. The molecule has 4 nitrogen and oxygen atoms in total. The minimum Gasteiger partial charge on any atom is -0.316 e. The van der Waals surface area contributed by atoms with Crippen molar-refractivity contribution in [1.29, 1.82) is 0 Å². The second-order valence-electron chi connectivity index (χ2n) is 13.0. The second-order valence-corrected chi connectivity index (χ2v) is 14.1. The van der Waals surface area contributed by atoms with Crippen molar-refractivity contribution in [3.8, 4) is 34.0 Å². The number of hydrogen-bond acceptors (Lipinski definition) is 3. The van der Waals surface area contributed by atoms with E-state index in [9.17, 15) is 0 Å². The molecule has 4 heterocycles. The monoisotopic (exact) mass is 668 g/mol. The average Bonchev–Trinajstić information content (AvgIpc) is 3.88. The van der Waals surface area contributed by atoms with Gasteiger partial charge in [0.05, 0.1) is 27.8 Å². The molecule has 0 aliphatic heterocycles. The van der Waals surface area contributed by atoms with E-state index >= 15 is 0 Å². The molecule has 51 heavy (non-hydrogen) atoms. The molecule has 0 N–H and O–H groups in total. The maximum Gasteiger partial charge on any atom is 0.160 e. The molecule has 0 radical (unpaired) electrons. The number of rotatable bonds is 4. The minimum atomic E-state index is 0.710. The maximum atomic E-state index is 5.23. The zero-order valence-corrected chi connectivity index (χ0v) is 28.2. The van der Waals surface area contributed by atoms with Gasteiger partial charge in [0, 0.05) is 70.4 Å². The van der Waals surface area contributed by atoms with E-state index in [-0.39, 0.29) is 0 Å². The number of hydrogen-bond donors (Lipinski definition) is 0. The number of thiophene rings is 1. The first-order chi connectivity index (χ1) is 25.3. The summed E-state index contributed by atoms with van der Waals surface area (Å²) in [4.78, 5) is 10.3. The quantitative estimate of drug-likeness (QED) is 0.187. The summed E-state index contributed by atoms with van der Waals surface area (Å²) < 4.78 is 7.34. The number of para-hydroxylation sites is 2. The van der Waals surface area contributed by atoms with Gasteiger partial charge in [-0.3, -0.25) is 0 Å². The van der Waals surface area contributed by atoms with Crippen LogP contribution >= 0.6 is 11.3 Å². The third kappa shape index (κ3) is 4.32. The van der Waals surface area contributed by atoms with Gasteiger partial charge in [0.15, 0.2) is 5.82 Å². The van der Waals surface area contributed by atoms with Crippen molar-refractivity contribution in [1.82, 2.24) is 19.1 Å². The van der Waals surface area contributed by atoms with Crippen molar-refractivity contribution in [2.45, 2.75) is 0 Å². The highest BCUT2D eigenvalue weighted by Gasteiger charge is 2.20. The van der Waals surface area contributed by atoms with Gasteiger partial charge in [-0.25, -0.2) is 9.97 Å². The summed E-state index contributed by atoms with van der Waals surface area (Å²) >= 11 is 1.86. The molecule has 0 amide bonds. The summed E-state index contributed by atoms with van der Waals surface area (Å²) in [6, 6.07) is 58.4. The van der Waals surface area contributed by atoms with Crippen LogP contribution in [0.25, 0.3) is 97.8 Å². The Bertz CT molecular complexity index is 3130. The lowest BCUT2D eigenvalue weighted by molar-refractivity contribution is 1.12. The van der Waals surface area contributed by atoms with Gasteiger partial charge in [0.2, 0.25) is 0 Å². The van der Waals surface area contributed by atoms with Crippen molar-refractivity contribution >= 4 is 75.1 Å². The number of benzene rings is 7. The molecule has 7 aromatic carbocycles. The van der Waals surface area contributed by atoms with Crippen LogP contribution in [0.5, 0.6) is 0 Å². The van der Waals surface area contributed by atoms with Gasteiger partial charge >= 0.3 is 0 Å². The molecule has 11 rings (SSSR count). The summed E-state index contributed by atoms with van der Waals surface area (Å²) in [5, 5.41) is 7.31. The van der Waals surface area contributed by atoms with Crippen LogP contribution in [0.1, 0.15) is 0 Å². The van der Waals surface area contributed by atoms with Crippen LogP contribution in [0.4, 0.5) is 0 Å². The summed E-state index contributed by atoms with van der Waals surface area (Å²) in [6.45, 7) is 0. The Labute approximate surface area is 297 Å². The molecule has 0 spiro atoms. The highest BCUT2D eigenvalue weighted by atomic mass is 32.1. The summed E-state index contributed by atoms with van der Waals surface area (Å²) in [5.74, 6) is 0.710. The molecule has 5 heteroatoms. The van der Waals surface area contributed by atoms with Crippen LogP contribution in [0, 0.1) is 0 Å². The predicted octanol–water partition coefficient (Wildman–Crippen LogP) is 12.4. The van der Waals surface area contributed by atoms with Crippen molar-refractivity contribution in [2.75, 3.05) is 0 Å². The van der Waals surface area contributed by atoms with Crippen LogP contribution in [0.3, 0.4) is 0 Å². The van der Waals surface area contributed by atoms with E-state index in [0.717, 1.165) is 44.6 Å². The molecule has 0 atom stereocenters. The van der Waals surface area contributed by atoms with Crippen LogP contribution in [-0.2, 0) is 0 Å². The van der Waals surface area contributed by atoms with Crippen LogP contribution in [0.2, 0.25) is 0 Å².